The highest BCUT2D eigenvalue weighted by molar-refractivity contribution is 5.52. The van der Waals surface area contributed by atoms with Gasteiger partial charge in [0, 0.05) is 12.4 Å². The second-order valence-corrected chi connectivity index (χ2v) is 3.69. The fraction of sp³-hybridized carbons (Fsp3) is 0.500. The first kappa shape index (κ1) is 14.4. The summed E-state index contributed by atoms with van der Waals surface area (Å²) in [5.41, 5.74) is 6.81. The van der Waals surface area contributed by atoms with E-state index in [0.717, 1.165) is 12.0 Å². The average molecular weight is 223 g/mol. The van der Waals surface area contributed by atoms with Crippen LogP contribution >= 0.6 is 0 Å². The van der Waals surface area contributed by atoms with Crippen molar-refractivity contribution in [3.8, 4) is 0 Å². The molecule has 0 radical (unpaired) electrons. The molecule has 4 nitrogen and oxygen atoms in total. The molecule has 0 aliphatic rings. The van der Waals surface area contributed by atoms with Crippen molar-refractivity contribution in [2.45, 2.75) is 27.2 Å². The van der Waals surface area contributed by atoms with Gasteiger partial charge in [0.1, 0.15) is 12.9 Å². The minimum absolute atomic E-state index is 0.640. The predicted octanol–water partition coefficient (Wildman–Crippen LogP) is 2.50. The van der Waals surface area contributed by atoms with Crippen molar-refractivity contribution in [2.75, 3.05) is 12.8 Å². The van der Waals surface area contributed by atoms with E-state index in [1.54, 1.807) is 19.3 Å². The Hall–Kier alpha value is -1.58. The van der Waals surface area contributed by atoms with Gasteiger partial charge in [-0.3, -0.25) is 0 Å². The van der Waals surface area contributed by atoms with E-state index in [9.17, 15) is 0 Å². The van der Waals surface area contributed by atoms with E-state index in [1.165, 1.54) is 7.11 Å². The van der Waals surface area contributed by atoms with Crippen LogP contribution in [0.15, 0.2) is 23.5 Å². The van der Waals surface area contributed by atoms with E-state index in [-0.39, 0.29) is 0 Å². The van der Waals surface area contributed by atoms with Gasteiger partial charge in [-0.25, -0.2) is 4.98 Å². The summed E-state index contributed by atoms with van der Waals surface area (Å²) in [7, 11) is 1.51. The second-order valence-electron chi connectivity index (χ2n) is 3.69. The molecule has 0 amide bonds. The van der Waals surface area contributed by atoms with Crippen LogP contribution in [-0.2, 0) is 11.3 Å². The summed E-state index contributed by atoms with van der Waals surface area (Å²) in [5.74, 6) is 1.31. The first-order valence-corrected chi connectivity index (χ1v) is 5.32. The zero-order chi connectivity index (χ0) is 12.4. The number of anilines is 1. The standard InChI is InChI=1S/C9H14N2.C3H7NO/c1-7(2)6-8-4-3-5-11-9(8)10;1-3-4-5-2/h3-5,7H,6H2,1-2H3,(H2,10,11);3H,1-2H3/b;4-3+. The zero-order valence-corrected chi connectivity index (χ0v) is 10.5. The highest BCUT2D eigenvalue weighted by Gasteiger charge is 2.00. The number of rotatable bonds is 3. The topological polar surface area (TPSA) is 60.5 Å². The van der Waals surface area contributed by atoms with Gasteiger partial charge in [0.2, 0.25) is 0 Å². The Morgan fingerprint density at radius 1 is 1.56 bits per heavy atom. The third-order valence-corrected chi connectivity index (χ3v) is 1.77. The molecule has 0 spiro atoms. The van der Waals surface area contributed by atoms with Crippen LogP contribution in [0, 0.1) is 5.92 Å². The van der Waals surface area contributed by atoms with Gasteiger partial charge in [0.15, 0.2) is 0 Å². The maximum absolute atomic E-state index is 5.66. The first-order valence-electron chi connectivity index (χ1n) is 5.32. The van der Waals surface area contributed by atoms with E-state index in [2.05, 4.69) is 28.8 Å². The van der Waals surface area contributed by atoms with Gasteiger partial charge < -0.3 is 10.6 Å². The number of nitrogens with two attached hydrogens (primary N) is 1. The Morgan fingerprint density at radius 2 is 2.25 bits per heavy atom. The number of pyridine rings is 1. The SMILES string of the molecule is C/C=N/OC.CC(C)Cc1cccnc1N. The van der Waals surface area contributed by atoms with E-state index in [0.29, 0.717) is 11.7 Å². The Kier molecular flexibility index (Phi) is 7.85. The van der Waals surface area contributed by atoms with Crippen LogP contribution in [0.4, 0.5) is 5.82 Å². The Bertz CT molecular complexity index is 311. The van der Waals surface area contributed by atoms with Crippen LogP contribution < -0.4 is 5.73 Å². The number of nitrogen functional groups attached to an aromatic ring is 1. The number of hydrogen-bond donors (Lipinski definition) is 1. The van der Waals surface area contributed by atoms with Crippen molar-refractivity contribution < 1.29 is 4.84 Å². The third-order valence-electron chi connectivity index (χ3n) is 1.77. The van der Waals surface area contributed by atoms with Gasteiger partial charge in [-0.1, -0.05) is 19.9 Å². The number of hydrogen-bond acceptors (Lipinski definition) is 4. The van der Waals surface area contributed by atoms with Gasteiger partial charge in [0.25, 0.3) is 0 Å². The lowest BCUT2D eigenvalue weighted by Gasteiger charge is -2.05. The fourth-order valence-electron chi connectivity index (χ4n) is 1.17. The summed E-state index contributed by atoms with van der Waals surface area (Å²) < 4.78 is 0. The lowest BCUT2D eigenvalue weighted by Crippen LogP contribution is -2.00. The molecule has 1 aromatic heterocycles. The average Bonchev–Trinajstić information content (AvgIpc) is 2.23. The van der Waals surface area contributed by atoms with Crippen LogP contribution in [0.3, 0.4) is 0 Å². The quantitative estimate of drug-likeness (QED) is 0.632. The molecule has 2 N–H and O–H groups in total. The maximum atomic E-state index is 5.66. The van der Waals surface area contributed by atoms with Crippen LogP contribution in [0.5, 0.6) is 0 Å². The Labute approximate surface area is 97.5 Å². The molecular weight excluding hydrogens is 202 g/mol. The molecule has 0 aliphatic carbocycles. The summed E-state index contributed by atoms with van der Waals surface area (Å²) in [6.07, 6.45) is 4.32. The smallest absolute Gasteiger partial charge is 0.126 e. The van der Waals surface area contributed by atoms with E-state index in [1.807, 2.05) is 12.1 Å². The van der Waals surface area contributed by atoms with Gasteiger partial charge >= 0.3 is 0 Å². The molecule has 0 aliphatic heterocycles. The van der Waals surface area contributed by atoms with Crippen molar-refractivity contribution >= 4 is 12.0 Å². The van der Waals surface area contributed by atoms with E-state index in [4.69, 9.17) is 5.73 Å². The molecule has 0 saturated heterocycles. The molecule has 0 unspecified atom stereocenters. The van der Waals surface area contributed by atoms with E-state index >= 15 is 0 Å². The molecular formula is C12H21N3O. The number of aromatic nitrogens is 1. The summed E-state index contributed by atoms with van der Waals surface area (Å²) >= 11 is 0. The molecule has 0 bridgehead atoms. The normalized spacial score (nSPS) is 10.1. The van der Waals surface area contributed by atoms with Crippen molar-refractivity contribution in [1.82, 2.24) is 4.98 Å². The molecule has 4 heteroatoms. The highest BCUT2D eigenvalue weighted by Crippen LogP contribution is 2.12. The molecule has 0 saturated carbocycles. The van der Waals surface area contributed by atoms with Crippen LogP contribution in [0.25, 0.3) is 0 Å². The summed E-state index contributed by atoms with van der Waals surface area (Å²) in [5, 5.41) is 3.35. The highest BCUT2D eigenvalue weighted by atomic mass is 16.6. The molecule has 1 rings (SSSR count). The largest absolute Gasteiger partial charge is 0.399 e. The number of nitrogens with zero attached hydrogens (tertiary/aromatic N) is 2. The predicted molar refractivity (Wildman–Crippen MR) is 68.4 cm³/mol. The molecule has 0 aromatic carbocycles. The van der Waals surface area contributed by atoms with Crippen LogP contribution in [0.1, 0.15) is 26.3 Å². The lowest BCUT2D eigenvalue weighted by atomic mass is 10.0. The molecule has 1 aromatic rings. The van der Waals surface area contributed by atoms with Gasteiger partial charge in [-0.15, -0.1) is 5.16 Å². The van der Waals surface area contributed by atoms with Crippen LogP contribution in [-0.4, -0.2) is 18.3 Å². The zero-order valence-electron chi connectivity index (χ0n) is 10.5. The van der Waals surface area contributed by atoms with Gasteiger partial charge in [0.05, 0.1) is 0 Å². The van der Waals surface area contributed by atoms with Crippen molar-refractivity contribution in [1.29, 1.82) is 0 Å². The Balaban J connectivity index is 0.000000385. The van der Waals surface area contributed by atoms with Crippen LogP contribution in [0.2, 0.25) is 0 Å². The lowest BCUT2D eigenvalue weighted by molar-refractivity contribution is 0.215. The fourth-order valence-corrected chi connectivity index (χ4v) is 1.17. The van der Waals surface area contributed by atoms with E-state index < -0.39 is 0 Å². The first-order chi connectivity index (χ1) is 7.61. The van der Waals surface area contributed by atoms with Crippen molar-refractivity contribution in [3.05, 3.63) is 23.9 Å². The summed E-state index contributed by atoms with van der Waals surface area (Å²) in [4.78, 5) is 8.27. The molecule has 90 valence electrons. The second kappa shape index (κ2) is 8.71. The number of oxime groups is 1. The molecule has 1 heterocycles. The monoisotopic (exact) mass is 223 g/mol. The molecule has 16 heavy (non-hydrogen) atoms. The van der Waals surface area contributed by atoms with Crippen molar-refractivity contribution in [2.24, 2.45) is 11.1 Å². The van der Waals surface area contributed by atoms with Crippen molar-refractivity contribution in [3.63, 3.8) is 0 Å². The molecule has 0 fully saturated rings. The van der Waals surface area contributed by atoms with Gasteiger partial charge in [-0.2, -0.15) is 0 Å². The Morgan fingerprint density at radius 3 is 2.62 bits per heavy atom. The maximum Gasteiger partial charge on any atom is 0.126 e. The molecule has 0 atom stereocenters. The third kappa shape index (κ3) is 6.81. The minimum atomic E-state index is 0.640. The van der Waals surface area contributed by atoms with Gasteiger partial charge in [-0.05, 0) is 30.9 Å². The summed E-state index contributed by atoms with van der Waals surface area (Å²) in [6.45, 7) is 6.14. The summed E-state index contributed by atoms with van der Waals surface area (Å²) in [6, 6.07) is 3.95. The minimum Gasteiger partial charge on any atom is -0.399 e.